The van der Waals surface area contributed by atoms with Gasteiger partial charge in [-0.15, -0.1) is 0 Å². The molecule has 13 aromatic rings. The van der Waals surface area contributed by atoms with E-state index in [1.54, 1.807) is 12.1 Å². The van der Waals surface area contributed by atoms with Gasteiger partial charge in [0.25, 0.3) is 0 Å². The molecule has 4 unspecified atom stereocenters. The lowest BCUT2D eigenvalue weighted by atomic mass is 9.64. The fourth-order valence-corrected chi connectivity index (χ4v) is 18.6. The number of allylic oxidation sites excluding steroid dienone is 4. The lowest BCUT2D eigenvalue weighted by molar-refractivity contribution is 0.508. The third-order valence-electron chi connectivity index (χ3n) is 22.9. The highest BCUT2D eigenvalue weighted by Crippen LogP contribution is 2.66. The molecule has 5 aliphatic carbocycles. The van der Waals surface area contributed by atoms with E-state index in [-0.39, 0.29) is 5.92 Å². The molecule has 6 heteroatoms. The maximum atomic E-state index is 16.5. The first-order valence-corrected chi connectivity index (χ1v) is 35.1. The summed E-state index contributed by atoms with van der Waals surface area (Å²) in [5.74, 6) is -3.83. The van der Waals surface area contributed by atoms with E-state index < -0.39 is 39.5 Å². The van der Waals surface area contributed by atoms with Crippen molar-refractivity contribution >= 4 is 46.2 Å². The number of anilines is 5. The molecule has 18 rings (SSSR count). The Morgan fingerprint density at radius 3 is 1.16 bits per heavy atom. The molecule has 0 aromatic heterocycles. The molecule has 0 saturated heterocycles. The predicted octanol–water partition coefficient (Wildman–Crippen LogP) is 24.8. The maximum absolute atomic E-state index is 16.5. The SMILES string of the molecule is C=Cc1ccc(C2(c3cc(C)ccc3C)C3=C(c4ccccc42)C(C)CC(N(c2ccc(F)c(F)c2)c2ccc4c(c2)C2(c5ccccc5-4)c4ccccc4-c4ccc(N(c5ccc(F)c(F)c5)c5ccc6c(c5)C(c5ccc(C=C)cc5)(c5cc(C)ccc5C)c5ccccc5-6)cc42)=C3)cc1. The van der Waals surface area contributed by atoms with E-state index in [0.29, 0.717) is 17.8 Å². The van der Waals surface area contributed by atoms with Gasteiger partial charge in [-0.2, -0.15) is 0 Å². The number of hydrogen-bond acceptors (Lipinski definition) is 2. The van der Waals surface area contributed by atoms with Gasteiger partial charge < -0.3 is 9.80 Å². The molecule has 0 fully saturated rings. The molecule has 492 valence electrons. The van der Waals surface area contributed by atoms with Crippen LogP contribution in [-0.4, -0.2) is 0 Å². The molecule has 4 atom stereocenters. The number of rotatable bonds is 12. The summed E-state index contributed by atoms with van der Waals surface area (Å²) in [5.41, 5.74) is 30.2. The van der Waals surface area contributed by atoms with Gasteiger partial charge >= 0.3 is 0 Å². The first-order valence-electron chi connectivity index (χ1n) is 35.1. The van der Waals surface area contributed by atoms with Crippen molar-refractivity contribution in [2.75, 3.05) is 9.80 Å². The number of benzene rings is 13. The van der Waals surface area contributed by atoms with E-state index >= 15 is 17.6 Å². The van der Waals surface area contributed by atoms with E-state index in [4.69, 9.17) is 0 Å². The molecule has 2 nitrogen and oxygen atoms in total. The third kappa shape index (κ3) is 8.84. The minimum atomic E-state index is -0.967. The summed E-state index contributed by atoms with van der Waals surface area (Å²) in [6.07, 6.45) is 6.68. The van der Waals surface area contributed by atoms with E-state index in [1.165, 1.54) is 46.5 Å². The summed E-state index contributed by atoms with van der Waals surface area (Å²) in [6, 6.07) is 94.0. The average Bonchev–Trinajstić information content (AvgIpc) is 1.52. The van der Waals surface area contributed by atoms with Gasteiger partial charge in [0.05, 0.1) is 16.2 Å². The Hall–Kier alpha value is -11.9. The van der Waals surface area contributed by atoms with Crippen LogP contribution in [0.15, 0.2) is 303 Å². The van der Waals surface area contributed by atoms with Crippen molar-refractivity contribution in [3.8, 4) is 33.4 Å². The van der Waals surface area contributed by atoms with Crippen LogP contribution in [-0.2, 0) is 16.2 Å². The third-order valence-corrected chi connectivity index (χ3v) is 22.9. The van der Waals surface area contributed by atoms with Crippen LogP contribution in [0.5, 0.6) is 0 Å². The van der Waals surface area contributed by atoms with Crippen molar-refractivity contribution < 1.29 is 17.6 Å². The van der Waals surface area contributed by atoms with Crippen LogP contribution in [0, 0.1) is 56.9 Å². The summed E-state index contributed by atoms with van der Waals surface area (Å²) < 4.78 is 64.1. The van der Waals surface area contributed by atoms with E-state index in [0.717, 1.165) is 145 Å². The molecule has 13 aromatic carbocycles. The monoisotopic (exact) mass is 1330 g/mol. The molecule has 5 aliphatic rings. The summed E-state index contributed by atoms with van der Waals surface area (Å²) in [7, 11) is 0. The van der Waals surface area contributed by atoms with Gasteiger partial charge in [-0.25, -0.2) is 17.6 Å². The smallest absolute Gasteiger partial charge is 0.160 e. The molecule has 0 amide bonds. The molecule has 0 aliphatic heterocycles. The average molecular weight is 1330 g/mol. The van der Waals surface area contributed by atoms with Crippen molar-refractivity contribution in [1.82, 2.24) is 0 Å². The highest BCUT2D eigenvalue weighted by atomic mass is 19.2. The van der Waals surface area contributed by atoms with Crippen molar-refractivity contribution in [3.05, 3.63) is 427 Å². The molecule has 102 heavy (non-hydrogen) atoms. The van der Waals surface area contributed by atoms with Crippen molar-refractivity contribution in [3.63, 3.8) is 0 Å². The Bertz CT molecular complexity index is 5800. The number of hydrogen-bond donors (Lipinski definition) is 0. The number of nitrogens with zero attached hydrogens (tertiary/aromatic N) is 2. The highest BCUT2D eigenvalue weighted by molar-refractivity contribution is 5.99. The van der Waals surface area contributed by atoms with Crippen LogP contribution < -0.4 is 9.80 Å². The molecule has 0 heterocycles. The quantitative estimate of drug-likeness (QED) is 0.113. The van der Waals surface area contributed by atoms with E-state index in [2.05, 4.69) is 300 Å². The van der Waals surface area contributed by atoms with E-state index in [9.17, 15) is 0 Å². The first kappa shape index (κ1) is 62.4. The van der Waals surface area contributed by atoms with Gasteiger partial charge in [0.2, 0.25) is 0 Å². The second kappa shape index (κ2) is 23.4. The summed E-state index contributed by atoms with van der Waals surface area (Å²) in [4.78, 5) is 4.24. The second-order valence-electron chi connectivity index (χ2n) is 28.3. The fraction of sp³-hybridized carbons (Fsp3) is 0.104. The molecule has 0 radical (unpaired) electrons. The first-order chi connectivity index (χ1) is 49.7. The predicted molar refractivity (Wildman–Crippen MR) is 410 cm³/mol. The topological polar surface area (TPSA) is 6.48 Å². The van der Waals surface area contributed by atoms with Crippen molar-refractivity contribution in [1.29, 1.82) is 0 Å². The largest absolute Gasteiger partial charge is 0.314 e. The Labute approximate surface area is 593 Å². The second-order valence-corrected chi connectivity index (χ2v) is 28.3. The van der Waals surface area contributed by atoms with Crippen LogP contribution in [0.1, 0.15) is 113 Å². The van der Waals surface area contributed by atoms with Crippen LogP contribution in [0.25, 0.3) is 51.1 Å². The molecule has 1 spiro atoms. The Balaban J connectivity index is 0.869. The van der Waals surface area contributed by atoms with Gasteiger partial charge in [0.15, 0.2) is 23.3 Å². The summed E-state index contributed by atoms with van der Waals surface area (Å²) >= 11 is 0. The summed E-state index contributed by atoms with van der Waals surface area (Å²) in [5, 5.41) is 0. The van der Waals surface area contributed by atoms with Gasteiger partial charge in [0.1, 0.15) is 0 Å². The normalized spacial score (nSPS) is 18.3. The minimum Gasteiger partial charge on any atom is -0.314 e. The zero-order valence-corrected chi connectivity index (χ0v) is 57.3. The standard InChI is InChI=1S/C96H70F4N2/c1-8-62-30-34-64(35-31-62)94(83-48-57(3)26-28-59(83)5)79-22-14-10-18-72(79)75-43-38-66(51-85(75)94)101(69-41-46-89(97)91(99)55-69)67-39-44-76-73-19-11-15-23-80(73)96(86(76)52-67)81-24-16-12-20-74(81)77-45-40-68(53-87(77)96)102(70-42-47-90(98)92(100)56-70)71-50-61(7)93-78-21-13-17-25-82(78)95(88(93)54-71,65-36-32-63(9-2)33-37-65)84-49-58(4)27-29-60(84)6/h8-49,51-56,61H,1-2,50H2,3-7H3. The molecule has 0 N–H and O–H groups in total. The zero-order chi connectivity index (χ0) is 69.7. The fourth-order valence-electron chi connectivity index (χ4n) is 18.6. The Morgan fingerprint density at radius 2 is 0.696 bits per heavy atom. The molecule has 0 saturated carbocycles. The maximum Gasteiger partial charge on any atom is 0.160 e. The van der Waals surface area contributed by atoms with Crippen LogP contribution in [0.2, 0.25) is 0 Å². The lowest BCUT2D eigenvalue weighted by Gasteiger charge is -2.39. The zero-order valence-electron chi connectivity index (χ0n) is 57.3. The van der Waals surface area contributed by atoms with Gasteiger partial charge in [-0.05, 0) is 240 Å². The van der Waals surface area contributed by atoms with Crippen LogP contribution in [0.3, 0.4) is 0 Å². The number of halogens is 4. The number of fused-ring (bicyclic) bond motifs is 15. The Kier molecular flexibility index (Phi) is 14.3. The van der Waals surface area contributed by atoms with Crippen molar-refractivity contribution in [2.24, 2.45) is 5.92 Å². The van der Waals surface area contributed by atoms with Crippen LogP contribution in [0.4, 0.5) is 46.0 Å². The molecular formula is C96H70F4N2. The van der Waals surface area contributed by atoms with Gasteiger partial charge in [0, 0.05) is 46.3 Å². The van der Waals surface area contributed by atoms with Gasteiger partial charge in [-0.1, -0.05) is 244 Å². The van der Waals surface area contributed by atoms with Crippen LogP contribution >= 0.6 is 0 Å². The highest BCUT2D eigenvalue weighted by Gasteiger charge is 2.54. The summed E-state index contributed by atoms with van der Waals surface area (Å²) in [6.45, 7) is 19.2. The lowest BCUT2D eigenvalue weighted by Crippen LogP contribution is -2.32. The number of aryl methyl sites for hydroxylation is 4. The minimum absolute atomic E-state index is 0.0316. The molecular weight excluding hydrogens is 1260 g/mol. The van der Waals surface area contributed by atoms with Crippen molar-refractivity contribution in [2.45, 2.75) is 57.3 Å². The Morgan fingerprint density at radius 1 is 0.333 bits per heavy atom. The van der Waals surface area contributed by atoms with E-state index in [1.807, 2.05) is 12.2 Å². The molecule has 0 bridgehead atoms. The van der Waals surface area contributed by atoms with Gasteiger partial charge in [-0.3, -0.25) is 0 Å².